The Kier molecular flexibility index (Phi) is 1.74. The molecule has 0 aromatic rings. The molecule has 2 heteroatoms. The number of hydrogen-bond acceptors (Lipinski definition) is 2. The smallest absolute Gasteiger partial charge is 0.0937 e. The van der Waals surface area contributed by atoms with Crippen molar-refractivity contribution in [2.24, 2.45) is 4.99 Å². The van der Waals surface area contributed by atoms with Crippen molar-refractivity contribution in [1.29, 1.82) is 0 Å². The molecule has 0 fully saturated rings. The molecule has 2 nitrogen and oxygen atoms in total. The summed E-state index contributed by atoms with van der Waals surface area (Å²) in [4.78, 5) is 4.34. The Morgan fingerprint density at radius 1 is 1.56 bits per heavy atom. The first-order valence-electron chi connectivity index (χ1n) is 3.49. The van der Waals surface area contributed by atoms with E-state index in [1.165, 1.54) is 0 Å². The topological polar surface area (TPSA) is 24.4 Å². The molecule has 0 spiro atoms. The van der Waals surface area contributed by atoms with E-state index in [1.54, 1.807) is 0 Å². The lowest BCUT2D eigenvalue weighted by Gasteiger charge is -2.23. The summed E-state index contributed by atoms with van der Waals surface area (Å²) >= 11 is 0. The van der Waals surface area contributed by atoms with Crippen LogP contribution in [0.2, 0.25) is 0 Å². The van der Waals surface area contributed by atoms with Gasteiger partial charge in [0.15, 0.2) is 0 Å². The van der Waals surface area contributed by atoms with E-state index in [-0.39, 0.29) is 0 Å². The standard InChI is InChI=1S/C7H14N2/c1-5-4-6(2)9-7(3)8-5/h5-6H,4H2,1-3H3,(H,8,9)/t5-,6+. The Morgan fingerprint density at radius 2 is 2.22 bits per heavy atom. The van der Waals surface area contributed by atoms with Crippen molar-refractivity contribution in [2.45, 2.75) is 39.3 Å². The van der Waals surface area contributed by atoms with Crippen LogP contribution in [0.3, 0.4) is 0 Å². The first-order chi connectivity index (χ1) is 4.18. The van der Waals surface area contributed by atoms with E-state index in [4.69, 9.17) is 0 Å². The Balaban J connectivity index is 2.56. The van der Waals surface area contributed by atoms with Crippen LogP contribution in [-0.4, -0.2) is 17.9 Å². The van der Waals surface area contributed by atoms with Gasteiger partial charge in [0.25, 0.3) is 0 Å². The minimum atomic E-state index is 0.515. The minimum absolute atomic E-state index is 0.515. The molecule has 9 heavy (non-hydrogen) atoms. The van der Waals surface area contributed by atoms with Gasteiger partial charge in [-0.05, 0) is 27.2 Å². The molecule has 52 valence electrons. The van der Waals surface area contributed by atoms with Crippen LogP contribution >= 0.6 is 0 Å². The van der Waals surface area contributed by atoms with Gasteiger partial charge in [-0.15, -0.1) is 0 Å². The SMILES string of the molecule is CC1=N[C@H](C)C[C@H](C)N1. The summed E-state index contributed by atoms with van der Waals surface area (Å²) in [7, 11) is 0. The molecule has 0 aromatic heterocycles. The fourth-order valence-corrected chi connectivity index (χ4v) is 1.35. The predicted octanol–water partition coefficient (Wildman–Crippen LogP) is 1.18. The third kappa shape index (κ3) is 1.70. The number of hydrogen-bond donors (Lipinski definition) is 1. The maximum Gasteiger partial charge on any atom is 0.0937 e. The highest BCUT2D eigenvalue weighted by Gasteiger charge is 2.12. The Bertz CT molecular complexity index is 129. The summed E-state index contributed by atoms with van der Waals surface area (Å²) in [6.45, 7) is 6.36. The lowest BCUT2D eigenvalue weighted by molar-refractivity contribution is 0.511. The molecular weight excluding hydrogens is 112 g/mol. The third-order valence-electron chi connectivity index (χ3n) is 1.56. The van der Waals surface area contributed by atoms with E-state index in [0.29, 0.717) is 12.1 Å². The number of nitrogens with zero attached hydrogens (tertiary/aromatic N) is 1. The molecule has 1 N–H and O–H groups in total. The van der Waals surface area contributed by atoms with Gasteiger partial charge < -0.3 is 5.32 Å². The van der Waals surface area contributed by atoms with E-state index < -0.39 is 0 Å². The molecule has 0 saturated carbocycles. The van der Waals surface area contributed by atoms with Gasteiger partial charge in [-0.3, -0.25) is 4.99 Å². The zero-order valence-corrected chi connectivity index (χ0v) is 6.31. The molecule has 1 aliphatic heterocycles. The molecule has 1 heterocycles. The summed E-state index contributed by atoms with van der Waals surface area (Å²) in [5.41, 5.74) is 0. The number of aliphatic imine (C=N–C) groups is 1. The van der Waals surface area contributed by atoms with Crippen LogP contribution in [0.15, 0.2) is 4.99 Å². The second kappa shape index (κ2) is 2.38. The van der Waals surface area contributed by atoms with Crippen LogP contribution < -0.4 is 5.32 Å². The highest BCUT2D eigenvalue weighted by molar-refractivity contribution is 5.80. The molecule has 0 unspecified atom stereocenters. The van der Waals surface area contributed by atoms with Crippen LogP contribution in [-0.2, 0) is 0 Å². The van der Waals surface area contributed by atoms with Crippen LogP contribution in [0, 0.1) is 0 Å². The Morgan fingerprint density at radius 3 is 2.67 bits per heavy atom. The lowest BCUT2D eigenvalue weighted by atomic mass is 10.1. The molecule has 0 aliphatic carbocycles. The molecule has 0 aromatic carbocycles. The average Bonchev–Trinajstić information content (AvgIpc) is 1.59. The minimum Gasteiger partial charge on any atom is -0.372 e. The molecular formula is C7H14N2. The van der Waals surface area contributed by atoms with Crippen molar-refractivity contribution in [3.8, 4) is 0 Å². The fraction of sp³-hybridized carbons (Fsp3) is 0.857. The maximum absolute atomic E-state index is 4.34. The molecule has 1 aliphatic rings. The van der Waals surface area contributed by atoms with Crippen molar-refractivity contribution in [2.75, 3.05) is 0 Å². The van der Waals surface area contributed by atoms with Gasteiger partial charge in [0, 0.05) is 6.04 Å². The maximum atomic E-state index is 4.34. The summed E-state index contributed by atoms with van der Waals surface area (Å²) in [6, 6.07) is 1.12. The highest BCUT2D eigenvalue weighted by atomic mass is 15.1. The van der Waals surface area contributed by atoms with Crippen LogP contribution in [0.5, 0.6) is 0 Å². The van der Waals surface area contributed by atoms with Crippen LogP contribution in [0.25, 0.3) is 0 Å². The summed E-state index contributed by atoms with van der Waals surface area (Å²) in [5, 5.41) is 3.26. The van der Waals surface area contributed by atoms with E-state index in [9.17, 15) is 0 Å². The molecule has 2 atom stereocenters. The largest absolute Gasteiger partial charge is 0.372 e. The number of amidine groups is 1. The number of rotatable bonds is 0. The van der Waals surface area contributed by atoms with E-state index in [2.05, 4.69) is 24.2 Å². The van der Waals surface area contributed by atoms with Crippen molar-refractivity contribution in [3.05, 3.63) is 0 Å². The Hall–Kier alpha value is -0.530. The third-order valence-corrected chi connectivity index (χ3v) is 1.56. The summed E-state index contributed by atoms with van der Waals surface area (Å²) in [5.74, 6) is 1.08. The van der Waals surface area contributed by atoms with Crippen LogP contribution in [0.1, 0.15) is 27.2 Å². The molecule has 0 saturated heterocycles. The monoisotopic (exact) mass is 126 g/mol. The summed E-state index contributed by atoms with van der Waals surface area (Å²) in [6.07, 6.45) is 1.16. The molecule has 0 radical (unpaired) electrons. The van der Waals surface area contributed by atoms with Gasteiger partial charge >= 0.3 is 0 Å². The quantitative estimate of drug-likeness (QED) is 0.517. The Labute approximate surface area is 56.4 Å². The molecule has 0 amide bonds. The predicted molar refractivity (Wildman–Crippen MR) is 39.8 cm³/mol. The first kappa shape index (κ1) is 6.59. The zero-order chi connectivity index (χ0) is 6.85. The van der Waals surface area contributed by atoms with E-state index >= 15 is 0 Å². The second-order valence-electron chi connectivity index (χ2n) is 2.84. The first-order valence-corrected chi connectivity index (χ1v) is 3.49. The average molecular weight is 126 g/mol. The fourth-order valence-electron chi connectivity index (χ4n) is 1.35. The van der Waals surface area contributed by atoms with E-state index in [1.807, 2.05) is 6.92 Å². The van der Waals surface area contributed by atoms with E-state index in [0.717, 1.165) is 12.3 Å². The van der Waals surface area contributed by atoms with Gasteiger partial charge in [0.05, 0.1) is 11.9 Å². The van der Waals surface area contributed by atoms with Crippen molar-refractivity contribution in [1.82, 2.24) is 5.32 Å². The number of nitrogens with one attached hydrogen (secondary N) is 1. The summed E-state index contributed by atoms with van der Waals surface area (Å²) < 4.78 is 0. The second-order valence-corrected chi connectivity index (χ2v) is 2.84. The van der Waals surface area contributed by atoms with Crippen molar-refractivity contribution in [3.63, 3.8) is 0 Å². The normalized spacial score (nSPS) is 35.2. The zero-order valence-electron chi connectivity index (χ0n) is 6.31. The van der Waals surface area contributed by atoms with Crippen molar-refractivity contribution < 1.29 is 0 Å². The van der Waals surface area contributed by atoms with Gasteiger partial charge in [-0.25, -0.2) is 0 Å². The highest BCUT2D eigenvalue weighted by Crippen LogP contribution is 2.06. The van der Waals surface area contributed by atoms with Crippen molar-refractivity contribution >= 4 is 5.84 Å². The molecule has 1 rings (SSSR count). The van der Waals surface area contributed by atoms with Gasteiger partial charge in [0.1, 0.15) is 0 Å². The van der Waals surface area contributed by atoms with Gasteiger partial charge in [-0.2, -0.15) is 0 Å². The van der Waals surface area contributed by atoms with Crippen LogP contribution in [0.4, 0.5) is 0 Å². The van der Waals surface area contributed by atoms with Gasteiger partial charge in [-0.1, -0.05) is 0 Å². The molecule has 0 bridgehead atoms. The lowest BCUT2D eigenvalue weighted by Crippen LogP contribution is -2.37. The van der Waals surface area contributed by atoms with Gasteiger partial charge in [0.2, 0.25) is 0 Å².